The minimum Gasteiger partial charge on any atom is -0.305 e. The van der Waals surface area contributed by atoms with Crippen LogP contribution in [0.2, 0.25) is 0 Å². The molecule has 4 heterocycles. The van der Waals surface area contributed by atoms with E-state index in [2.05, 4.69) is 46.7 Å². The molecule has 0 saturated heterocycles. The Labute approximate surface area is 144 Å². The summed E-state index contributed by atoms with van der Waals surface area (Å²) in [6.45, 7) is 1.86. The fourth-order valence-corrected chi connectivity index (χ4v) is 2.78. The second-order valence-corrected chi connectivity index (χ2v) is 6.18. The number of nitrogens with zero attached hydrogens (tertiary/aromatic N) is 4. The van der Waals surface area contributed by atoms with Gasteiger partial charge in [-0.2, -0.15) is 0 Å². The molecule has 0 bridgehead atoms. The monoisotopic (exact) mass is 384 g/mol. The van der Waals surface area contributed by atoms with Crippen molar-refractivity contribution in [1.29, 1.82) is 0 Å². The van der Waals surface area contributed by atoms with Gasteiger partial charge in [-0.25, -0.2) is 9.97 Å². The second-order valence-electron chi connectivity index (χ2n) is 5.26. The molecule has 8 nitrogen and oxygen atoms in total. The fourth-order valence-electron chi connectivity index (χ4n) is 2.45. The minimum absolute atomic E-state index is 0.105. The summed E-state index contributed by atoms with van der Waals surface area (Å²) in [5.74, 6) is 0.0283. The van der Waals surface area contributed by atoms with Crippen LogP contribution in [0.15, 0.2) is 39.2 Å². The molecule has 0 aliphatic carbocycles. The fraction of sp³-hybridized carbons (Fsp3) is 0.0667. The predicted molar refractivity (Wildman–Crippen MR) is 91.2 cm³/mol. The molecule has 0 saturated carbocycles. The number of carbonyl (C=O) groups is 2. The Kier molecular flexibility index (Phi) is 3.24. The smallest absolute Gasteiger partial charge is 0.278 e. The predicted octanol–water partition coefficient (Wildman–Crippen LogP) is 1.65. The maximum Gasteiger partial charge on any atom is 0.278 e. The van der Waals surface area contributed by atoms with Crippen LogP contribution in [0.25, 0.3) is 0 Å². The number of aromatic nitrogens is 2. The molecule has 118 valence electrons. The van der Waals surface area contributed by atoms with E-state index < -0.39 is 11.8 Å². The maximum atomic E-state index is 12.1. The second kappa shape index (κ2) is 5.31. The van der Waals surface area contributed by atoms with Gasteiger partial charge in [0.25, 0.3) is 11.8 Å². The molecule has 24 heavy (non-hydrogen) atoms. The summed E-state index contributed by atoms with van der Waals surface area (Å²) in [6, 6.07) is 3.51. The summed E-state index contributed by atoms with van der Waals surface area (Å²) in [7, 11) is 0. The zero-order chi connectivity index (χ0) is 16.8. The van der Waals surface area contributed by atoms with E-state index in [0.717, 1.165) is 5.56 Å². The molecule has 2 amide bonds. The molecule has 0 unspecified atom stereocenters. The third-order valence-electron chi connectivity index (χ3n) is 3.53. The summed E-state index contributed by atoms with van der Waals surface area (Å²) in [5.41, 5.74) is 2.21. The average Bonchev–Trinajstić information content (AvgIpc) is 3.01. The number of hydrogen-bond acceptors (Lipinski definition) is 6. The van der Waals surface area contributed by atoms with E-state index in [9.17, 15) is 9.59 Å². The van der Waals surface area contributed by atoms with Crippen LogP contribution in [0.5, 0.6) is 0 Å². The molecule has 0 fully saturated rings. The quantitative estimate of drug-likeness (QED) is 0.728. The highest BCUT2D eigenvalue weighted by molar-refractivity contribution is 9.10. The van der Waals surface area contributed by atoms with Crippen LogP contribution in [0.4, 0.5) is 11.6 Å². The molecule has 2 aliphatic heterocycles. The van der Waals surface area contributed by atoms with Gasteiger partial charge < -0.3 is 10.6 Å². The first-order valence-electron chi connectivity index (χ1n) is 6.94. The van der Waals surface area contributed by atoms with Crippen LogP contribution in [0.1, 0.15) is 16.7 Å². The van der Waals surface area contributed by atoms with Gasteiger partial charge in [-0.1, -0.05) is 0 Å². The minimum atomic E-state index is -0.416. The van der Waals surface area contributed by atoms with Gasteiger partial charge in [-0.05, 0) is 40.5 Å². The number of fused-ring (bicyclic) bond motifs is 2. The zero-order valence-electron chi connectivity index (χ0n) is 12.3. The number of aryl methyl sites for hydroxylation is 1. The number of amides is 2. The van der Waals surface area contributed by atoms with Crippen LogP contribution in [0, 0.1) is 6.92 Å². The highest BCUT2D eigenvalue weighted by Crippen LogP contribution is 2.25. The van der Waals surface area contributed by atoms with Gasteiger partial charge in [0.2, 0.25) is 0 Å². The van der Waals surface area contributed by atoms with Crippen LogP contribution >= 0.6 is 15.9 Å². The Morgan fingerprint density at radius 3 is 2.08 bits per heavy atom. The van der Waals surface area contributed by atoms with E-state index in [-0.39, 0.29) is 11.4 Å². The molecule has 2 N–H and O–H groups in total. The van der Waals surface area contributed by atoms with Gasteiger partial charge in [0.1, 0.15) is 11.6 Å². The Bertz CT molecular complexity index is 902. The standard InChI is InChI=1S/C15H9BrN6O2/c1-6-2-8-10(14(23)19-12(8)17-4-6)21-22-11-9-3-7(16)5-18-13(9)20-15(11)24/h2-5H,1H3,(H,17,19,21,23)(H,18,20,22,24). The van der Waals surface area contributed by atoms with Crippen LogP contribution < -0.4 is 10.6 Å². The van der Waals surface area contributed by atoms with Crippen molar-refractivity contribution in [1.82, 2.24) is 9.97 Å². The summed E-state index contributed by atoms with van der Waals surface area (Å²) in [4.78, 5) is 32.4. The molecular formula is C15H9BrN6O2. The van der Waals surface area contributed by atoms with Crippen LogP contribution in [-0.2, 0) is 9.59 Å². The van der Waals surface area contributed by atoms with Crippen molar-refractivity contribution in [3.8, 4) is 0 Å². The molecule has 0 atom stereocenters. The van der Waals surface area contributed by atoms with Crippen molar-refractivity contribution >= 4 is 50.8 Å². The number of halogens is 1. The van der Waals surface area contributed by atoms with E-state index in [0.29, 0.717) is 27.2 Å². The first-order valence-corrected chi connectivity index (χ1v) is 7.73. The van der Waals surface area contributed by atoms with Gasteiger partial charge in [-0.3, -0.25) is 9.59 Å². The third-order valence-corrected chi connectivity index (χ3v) is 3.97. The Morgan fingerprint density at radius 1 is 0.917 bits per heavy atom. The number of carbonyl (C=O) groups excluding carboxylic acids is 2. The highest BCUT2D eigenvalue weighted by Gasteiger charge is 2.30. The molecule has 9 heteroatoms. The number of rotatable bonds is 1. The molecule has 2 aliphatic rings. The van der Waals surface area contributed by atoms with E-state index in [1.165, 1.54) is 0 Å². The van der Waals surface area contributed by atoms with Crippen molar-refractivity contribution in [3.05, 3.63) is 45.7 Å². The average molecular weight is 385 g/mol. The lowest BCUT2D eigenvalue weighted by Gasteiger charge is -1.98. The van der Waals surface area contributed by atoms with Crippen LogP contribution in [0.3, 0.4) is 0 Å². The normalized spacial score (nSPS) is 18.6. The van der Waals surface area contributed by atoms with Crippen molar-refractivity contribution in [3.63, 3.8) is 0 Å². The van der Waals surface area contributed by atoms with Crippen molar-refractivity contribution in [2.24, 2.45) is 10.2 Å². The zero-order valence-corrected chi connectivity index (χ0v) is 13.9. The lowest BCUT2D eigenvalue weighted by Crippen LogP contribution is -2.16. The summed E-state index contributed by atoms with van der Waals surface area (Å²) in [5, 5.41) is 13.2. The first kappa shape index (κ1) is 14.6. The molecular weight excluding hydrogens is 376 g/mol. The lowest BCUT2D eigenvalue weighted by molar-refractivity contribution is -0.111. The number of pyridine rings is 2. The number of anilines is 2. The van der Waals surface area contributed by atoms with Crippen molar-refractivity contribution in [2.45, 2.75) is 6.92 Å². The van der Waals surface area contributed by atoms with Crippen molar-refractivity contribution < 1.29 is 9.59 Å². The number of hydrogen-bond donors (Lipinski definition) is 2. The molecule has 0 aromatic carbocycles. The van der Waals surface area contributed by atoms with Crippen molar-refractivity contribution in [2.75, 3.05) is 10.6 Å². The van der Waals surface area contributed by atoms with E-state index in [4.69, 9.17) is 0 Å². The molecule has 2 aromatic rings. The number of nitrogens with one attached hydrogen (secondary N) is 2. The Morgan fingerprint density at radius 2 is 1.46 bits per heavy atom. The molecule has 0 spiro atoms. The third kappa shape index (κ3) is 2.29. The van der Waals surface area contributed by atoms with Gasteiger partial charge in [0.15, 0.2) is 11.4 Å². The van der Waals surface area contributed by atoms with Gasteiger partial charge >= 0.3 is 0 Å². The summed E-state index contributed by atoms with van der Waals surface area (Å²) >= 11 is 3.30. The topological polar surface area (TPSA) is 109 Å². The van der Waals surface area contributed by atoms with Gasteiger partial charge in [-0.15, -0.1) is 10.2 Å². The Hall–Kier alpha value is -2.94. The lowest BCUT2D eigenvalue weighted by atomic mass is 10.1. The molecule has 2 aromatic heterocycles. The maximum absolute atomic E-state index is 12.1. The first-order chi connectivity index (χ1) is 11.5. The van der Waals surface area contributed by atoms with E-state index >= 15 is 0 Å². The highest BCUT2D eigenvalue weighted by atomic mass is 79.9. The van der Waals surface area contributed by atoms with Gasteiger partial charge in [0.05, 0.1) is 11.1 Å². The van der Waals surface area contributed by atoms with Gasteiger partial charge in [0, 0.05) is 16.9 Å². The molecule has 4 rings (SSSR count). The van der Waals surface area contributed by atoms with Crippen LogP contribution in [-0.4, -0.2) is 33.2 Å². The van der Waals surface area contributed by atoms with E-state index in [1.807, 2.05) is 6.92 Å². The summed E-state index contributed by atoms with van der Waals surface area (Å²) < 4.78 is 0.710. The summed E-state index contributed by atoms with van der Waals surface area (Å²) in [6.07, 6.45) is 3.22. The SMILES string of the molecule is Cc1cnc2c(c1)/C(=N/N=C1\C(=O)Nc3ncc(Br)cc31)C(=O)N2. The molecule has 0 radical (unpaired) electrons. The largest absolute Gasteiger partial charge is 0.305 e. The Balaban J connectivity index is 1.80. The van der Waals surface area contributed by atoms with E-state index in [1.54, 1.807) is 24.5 Å².